The summed E-state index contributed by atoms with van der Waals surface area (Å²) < 4.78 is 0. The van der Waals surface area contributed by atoms with Gasteiger partial charge in [0.15, 0.2) is 0 Å². The maximum absolute atomic E-state index is 2.37. The molecule has 98 valence electrons. The molecule has 0 amide bonds. The summed E-state index contributed by atoms with van der Waals surface area (Å²) in [5.41, 5.74) is 4.95. The van der Waals surface area contributed by atoms with Gasteiger partial charge in [-0.1, -0.05) is 65.3 Å². The molecule has 17 heavy (non-hydrogen) atoms. The zero-order valence-corrected chi connectivity index (χ0v) is 12.9. The highest BCUT2D eigenvalue weighted by Crippen LogP contribution is 2.36. The smallest absolute Gasteiger partial charge is 0.0101 e. The van der Waals surface area contributed by atoms with E-state index in [1.165, 1.54) is 24.8 Å². The Morgan fingerprint density at radius 3 is 2.18 bits per heavy atom. The predicted octanol–water partition coefficient (Wildman–Crippen LogP) is 5.66. The quantitative estimate of drug-likeness (QED) is 0.543. The molecule has 1 aliphatic carbocycles. The highest BCUT2D eigenvalue weighted by Gasteiger charge is 2.26. The Labute approximate surface area is 108 Å². The third-order valence-electron chi connectivity index (χ3n) is 3.24. The lowest BCUT2D eigenvalue weighted by molar-refractivity contribution is 0.431. The molecule has 0 aromatic heterocycles. The first-order valence-corrected chi connectivity index (χ1v) is 7.20. The molecule has 0 heteroatoms. The third-order valence-corrected chi connectivity index (χ3v) is 3.24. The molecule has 0 atom stereocenters. The van der Waals surface area contributed by atoms with Crippen LogP contribution < -0.4 is 0 Å². The molecule has 0 heterocycles. The number of hydrogen-bond acceptors (Lipinski definition) is 0. The molecule has 0 saturated carbocycles. The van der Waals surface area contributed by atoms with E-state index in [1.54, 1.807) is 11.1 Å². The molecule has 1 aromatic carbocycles. The lowest BCUT2D eigenvalue weighted by Gasteiger charge is -2.32. The lowest BCUT2D eigenvalue weighted by Crippen LogP contribution is -2.23. The Hall–Kier alpha value is -0.780. The van der Waals surface area contributed by atoms with E-state index in [-0.39, 0.29) is 0 Å². The minimum absolute atomic E-state index is 0.402. The second-order valence-corrected chi connectivity index (χ2v) is 4.90. The normalized spacial score (nSPS) is 15.7. The zero-order chi connectivity index (χ0) is 13.5. The van der Waals surface area contributed by atoms with E-state index in [4.69, 9.17) is 0 Å². The van der Waals surface area contributed by atoms with Gasteiger partial charge >= 0.3 is 0 Å². The van der Waals surface area contributed by atoms with Gasteiger partial charge in [0.1, 0.15) is 0 Å². The van der Waals surface area contributed by atoms with Crippen LogP contribution in [0.5, 0.6) is 0 Å². The number of rotatable bonds is 0. The molecule has 0 N–H and O–H groups in total. The van der Waals surface area contributed by atoms with Crippen molar-refractivity contribution in [1.29, 1.82) is 0 Å². The van der Waals surface area contributed by atoms with Gasteiger partial charge in [0, 0.05) is 0 Å². The molecule has 0 radical (unpaired) electrons. The van der Waals surface area contributed by atoms with Crippen molar-refractivity contribution >= 4 is 0 Å². The van der Waals surface area contributed by atoms with Crippen molar-refractivity contribution in [1.82, 2.24) is 0 Å². The van der Waals surface area contributed by atoms with Crippen molar-refractivity contribution in [3.8, 4) is 0 Å². The standard InChI is InChI=1S/C13H18.2C2H6/c1-10-6-7-11-5-4-8-13(2,3)12(11)9-10;2*1-2/h6-7,9H,4-5,8H2,1-3H3;2*1-2H3. The largest absolute Gasteiger partial charge is 0.0683 e. The first-order valence-electron chi connectivity index (χ1n) is 7.20. The summed E-state index contributed by atoms with van der Waals surface area (Å²) in [5, 5.41) is 0. The first-order chi connectivity index (χ1) is 8.09. The SMILES string of the molecule is CC.CC.Cc1ccc2c(c1)C(C)(C)CCC2. The van der Waals surface area contributed by atoms with Crippen LogP contribution in [0.4, 0.5) is 0 Å². The Morgan fingerprint density at radius 1 is 1.00 bits per heavy atom. The van der Waals surface area contributed by atoms with Crippen LogP contribution in [0.3, 0.4) is 0 Å². The van der Waals surface area contributed by atoms with Crippen LogP contribution in [0.25, 0.3) is 0 Å². The summed E-state index contributed by atoms with van der Waals surface area (Å²) in [5.74, 6) is 0. The van der Waals surface area contributed by atoms with E-state index in [9.17, 15) is 0 Å². The highest BCUT2D eigenvalue weighted by atomic mass is 14.3. The van der Waals surface area contributed by atoms with E-state index in [0.29, 0.717) is 5.41 Å². The summed E-state index contributed by atoms with van der Waals surface area (Å²) in [4.78, 5) is 0. The van der Waals surface area contributed by atoms with Gasteiger partial charge in [-0.2, -0.15) is 0 Å². The van der Waals surface area contributed by atoms with E-state index in [2.05, 4.69) is 39.0 Å². The van der Waals surface area contributed by atoms with Gasteiger partial charge in [-0.25, -0.2) is 0 Å². The van der Waals surface area contributed by atoms with Crippen molar-refractivity contribution in [2.75, 3.05) is 0 Å². The van der Waals surface area contributed by atoms with Crippen LogP contribution in [0.1, 0.15) is 71.1 Å². The summed E-state index contributed by atoms with van der Waals surface area (Å²) in [6, 6.07) is 6.92. The Balaban J connectivity index is 0.000000581. The number of fused-ring (bicyclic) bond motifs is 1. The molecule has 1 aliphatic rings. The highest BCUT2D eigenvalue weighted by molar-refractivity contribution is 5.38. The fourth-order valence-electron chi connectivity index (χ4n) is 2.39. The van der Waals surface area contributed by atoms with Crippen molar-refractivity contribution in [3.63, 3.8) is 0 Å². The topological polar surface area (TPSA) is 0 Å². The van der Waals surface area contributed by atoms with Crippen molar-refractivity contribution in [3.05, 3.63) is 34.9 Å². The van der Waals surface area contributed by atoms with E-state index >= 15 is 0 Å². The number of hydrogen-bond donors (Lipinski definition) is 0. The second-order valence-electron chi connectivity index (χ2n) is 4.90. The van der Waals surface area contributed by atoms with Crippen molar-refractivity contribution < 1.29 is 0 Å². The van der Waals surface area contributed by atoms with Crippen LogP contribution in [-0.4, -0.2) is 0 Å². The van der Waals surface area contributed by atoms with Crippen molar-refractivity contribution in [2.45, 2.75) is 73.1 Å². The Kier molecular flexibility index (Phi) is 7.18. The molecular formula is C17H30. The first kappa shape index (κ1) is 16.2. The van der Waals surface area contributed by atoms with Gasteiger partial charge < -0.3 is 0 Å². The minimum Gasteiger partial charge on any atom is -0.0683 e. The summed E-state index contributed by atoms with van der Waals surface area (Å²) in [6.45, 7) is 14.9. The van der Waals surface area contributed by atoms with Crippen LogP contribution in [-0.2, 0) is 11.8 Å². The van der Waals surface area contributed by atoms with E-state index < -0.39 is 0 Å². The zero-order valence-electron chi connectivity index (χ0n) is 12.9. The molecule has 0 fully saturated rings. The Morgan fingerprint density at radius 2 is 1.59 bits per heavy atom. The average molecular weight is 234 g/mol. The van der Waals surface area contributed by atoms with Crippen LogP contribution >= 0.6 is 0 Å². The van der Waals surface area contributed by atoms with Gasteiger partial charge in [-0.15, -0.1) is 0 Å². The lowest BCUT2D eigenvalue weighted by atomic mass is 9.72. The number of benzene rings is 1. The Bertz CT molecular complexity index is 321. The minimum atomic E-state index is 0.402. The van der Waals surface area contributed by atoms with Gasteiger partial charge in [-0.3, -0.25) is 0 Å². The maximum atomic E-state index is 2.37. The molecule has 0 bridgehead atoms. The molecule has 0 saturated heterocycles. The monoisotopic (exact) mass is 234 g/mol. The summed E-state index contributed by atoms with van der Waals surface area (Å²) >= 11 is 0. The van der Waals surface area contributed by atoms with Crippen LogP contribution in [0.2, 0.25) is 0 Å². The van der Waals surface area contributed by atoms with Gasteiger partial charge in [0.2, 0.25) is 0 Å². The molecular weight excluding hydrogens is 204 g/mol. The molecule has 0 aliphatic heterocycles. The van der Waals surface area contributed by atoms with Gasteiger partial charge in [0.05, 0.1) is 0 Å². The molecule has 0 unspecified atom stereocenters. The fourth-order valence-corrected chi connectivity index (χ4v) is 2.39. The van der Waals surface area contributed by atoms with Gasteiger partial charge in [-0.05, 0) is 42.7 Å². The summed E-state index contributed by atoms with van der Waals surface area (Å²) in [7, 11) is 0. The summed E-state index contributed by atoms with van der Waals surface area (Å²) in [6.07, 6.45) is 3.96. The van der Waals surface area contributed by atoms with E-state index in [1.807, 2.05) is 27.7 Å². The van der Waals surface area contributed by atoms with Gasteiger partial charge in [0.25, 0.3) is 0 Å². The average Bonchev–Trinajstić information content (AvgIpc) is 2.35. The predicted molar refractivity (Wildman–Crippen MR) is 79.8 cm³/mol. The van der Waals surface area contributed by atoms with Crippen LogP contribution in [0.15, 0.2) is 18.2 Å². The van der Waals surface area contributed by atoms with Crippen molar-refractivity contribution in [2.24, 2.45) is 0 Å². The molecule has 0 spiro atoms. The van der Waals surface area contributed by atoms with Crippen LogP contribution in [0, 0.1) is 6.92 Å². The fraction of sp³-hybridized carbons (Fsp3) is 0.647. The molecule has 0 nitrogen and oxygen atoms in total. The number of aryl methyl sites for hydroxylation is 2. The maximum Gasteiger partial charge on any atom is -0.0101 e. The molecule has 1 aromatic rings. The molecule has 2 rings (SSSR count). The van der Waals surface area contributed by atoms with E-state index in [0.717, 1.165) is 0 Å². The second kappa shape index (κ2) is 7.53. The third kappa shape index (κ3) is 4.18.